The Morgan fingerprint density at radius 1 is 0.975 bits per heavy atom. The van der Waals surface area contributed by atoms with Crippen LogP contribution < -0.4 is 4.74 Å². The number of rotatable bonds is 8. The van der Waals surface area contributed by atoms with Gasteiger partial charge in [-0.1, -0.05) is 54.6 Å². The average Bonchev–Trinajstić information content (AvgIpc) is 3.08. The van der Waals surface area contributed by atoms with Gasteiger partial charge >= 0.3 is 6.36 Å². The molecule has 0 saturated carbocycles. The highest BCUT2D eigenvalue weighted by Crippen LogP contribution is 2.44. The van der Waals surface area contributed by atoms with Crippen molar-refractivity contribution in [1.82, 2.24) is 4.90 Å². The number of nitrogens with zero attached hydrogens (tertiary/aromatic N) is 1. The van der Waals surface area contributed by atoms with Crippen molar-refractivity contribution >= 4 is 23.5 Å². The van der Waals surface area contributed by atoms with Gasteiger partial charge in [0, 0.05) is 30.8 Å². The first kappa shape index (κ1) is 27.8. The minimum absolute atomic E-state index is 0.211. The van der Waals surface area contributed by atoms with E-state index in [2.05, 4.69) is 15.7 Å². The van der Waals surface area contributed by atoms with Crippen molar-refractivity contribution < 1.29 is 27.1 Å². The molecule has 0 amide bonds. The second kappa shape index (κ2) is 11.8. The van der Waals surface area contributed by atoms with Crippen molar-refractivity contribution in [3.05, 3.63) is 105 Å². The van der Waals surface area contributed by atoms with Gasteiger partial charge in [-0.15, -0.1) is 13.2 Å². The molecule has 1 aliphatic heterocycles. The van der Waals surface area contributed by atoms with Gasteiger partial charge < -0.3 is 4.74 Å². The van der Waals surface area contributed by atoms with Gasteiger partial charge in [0.05, 0.1) is 6.67 Å². The molecular weight excluding hydrogens is 518 g/mol. The van der Waals surface area contributed by atoms with Gasteiger partial charge in [0.2, 0.25) is 0 Å². The molecule has 3 aromatic carbocycles. The van der Waals surface area contributed by atoms with Gasteiger partial charge in [-0.05, 0) is 89.3 Å². The molecule has 3 nitrogen and oxygen atoms in total. The lowest BCUT2D eigenvalue weighted by Crippen LogP contribution is -2.40. The standard InChI is InChI=1S/C33H31F4NO2/c1-22-5-2-8-30(40-33(35,36)37)31(22)29-7-3-6-27-18-24(21-39)11-14-28(27)32(29)26-12-9-23(10-13-26)17-25-19-38(20-25)16-4-15-34/h2,5,8-14,17-18,21H,3-4,6-7,15-16,19-20H2,1H3. The second-order valence-corrected chi connectivity index (χ2v) is 10.4. The van der Waals surface area contributed by atoms with Crippen molar-refractivity contribution in [2.24, 2.45) is 0 Å². The molecule has 1 saturated heterocycles. The zero-order chi connectivity index (χ0) is 28.3. The number of hydrogen-bond acceptors (Lipinski definition) is 3. The number of hydrogen-bond donors (Lipinski definition) is 0. The first-order valence-corrected chi connectivity index (χ1v) is 13.5. The van der Waals surface area contributed by atoms with Gasteiger partial charge in [-0.3, -0.25) is 14.1 Å². The Labute approximate surface area is 231 Å². The molecule has 5 rings (SSSR count). The number of benzene rings is 3. The predicted octanol–water partition coefficient (Wildman–Crippen LogP) is 8.06. The number of halogens is 4. The number of aryl methyl sites for hydroxylation is 2. The van der Waals surface area contributed by atoms with Crippen LogP contribution in [0.1, 0.15) is 63.0 Å². The maximum atomic E-state index is 13.4. The Balaban J connectivity index is 1.60. The van der Waals surface area contributed by atoms with Crippen LogP contribution in [0.3, 0.4) is 0 Å². The molecule has 40 heavy (non-hydrogen) atoms. The number of fused-ring (bicyclic) bond motifs is 1. The molecular formula is C33H31F4NO2. The minimum Gasteiger partial charge on any atom is -0.405 e. The Morgan fingerprint density at radius 3 is 2.42 bits per heavy atom. The van der Waals surface area contributed by atoms with Crippen LogP contribution in [0.15, 0.2) is 66.2 Å². The number of carbonyl (C=O) groups excluding carboxylic acids is 1. The summed E-state index contributed by atoms with van der Waals surface area (Å²) in [5.41, 5.74) is 8.48. The summed E-state index contributed by atoms with van der Waals surface area (Å²) in [4.78, 5) is 13.7. The van der Waals surface area contributed by atoms with Crippen molar-refractivity contribution in [2.75, 3.05) is 26.3 Å². The first-order valence-electron chi connectivity index (χ1n) is 13.5. The summed E-state index contributed by atoms with van der Waals surface area (Å²) >= 11 is 0. The molecule has 7 heteroatoms. The van der Waals surface area contributed by atoms with E-state index in [0.29, 0.717) is 36.0 Å². The second-order valence-electron chi connectivity index (χ2n) is 10.4. The molecule has 0 N–H and O–H groups in total. The summed E-state index contributed by atoms with van der Waals surface area (Å²) in [5.74, 6) is -0.211. The van der Waals surface area contributed by atoms with Crippen LogP contribution in [0.4, 0.5) is 17.6 Å². The zero-order valence-electron chi connectivity index (χ0n) is 22.4. The fraction of sp³-hybridized carbons (Fsp3) is 0.303. The molecule has 1 fully saturated rings. The molecule has 0 unspecified atom stereocenters. The summed E-state index contributed by atoms with van der Waals surface area (Å²) in [5, 5.41) is 0. The van der Waals surface area contributed by atoms with E-state index < -0.39 is 6.36 Å². The Hall–Kier alpha value is -3.71. The Bertz CT molecular complexity index is 1450. The van der Waals surface area contributed by atoms with E-state index in [1.54, 1.807) is 25.1 Å². The molecule has 0 atom stereocenters. The molecule has 0 spiro atoms. The van der Waals surface area contributed by atoms with E-state index in [1.807, 2.05) is 36.4 Å². The summed E-state index contributed by atoms with van der Waals surface area (Å²) in [6.45, 7) is 3.92. The summed E-state index contributed by atoms with van der Waals surface area (Å²) in [6, 6.07) is 18.3. The van der Waals surface area contributed by atoms with E-state index in [0.717, 1.165) is 65.7 Å². The van der Waals surface area contributed by atoms with Crippen LogP contribution in [0, 0.1) is 6.92 Å². The highest BCUT2D eigenvalue weighted by atomic mass is 19.4. The summed E-state index contributed by atoms with van der Waals surface area (Å²) < 4.78 is 57.2. The fourth-order valence-electron chi connectivity index (χ4n) is 5.74. The maximum Gasteiger partial charge on any atom is 0.573 e. The number of likely N-dealkylation sites (tertiary alicyclic amines) is 1. The number of aldehydes is 1. The normalized spacial score (nSPS) is 15.8. The average molecular weight is 550 g/mol. The molecule has 2 aliphatic rings. The van der Waals surface area contributed by atoms with Gasteiger partial charge in [0.1, 0.15) is 12.0 Å². The van der Waals surface area contributed by atoms with E-state index in [9.17, 15) is 22.4 Å². The van der Waals surface area contributed by atoms with Crippen LogP contribution in [-0.4, -0.2) is 43.9 Å². The smallest absolute Gasteiger partial charge is 0.405 e. The minimum atomic E-state index is -4.82. The van der Waals surface area contributed by atoms with Gasteiger partial charge in [-0.25, -0.2) is 0 Å². The van der Waals surface area contributed by atoms with Gasteiger partial charge in [0.25, 0.3) is 0 Å². The van der Waals surface area contributed by atoms with E-state index in [1.165, 1.54) is 11.6 Å². The monoisotopic (exact) mass is 549 g/mol. The molecule has 1 aliphatic carbocycles. The van der Waals surface area contributed by atoms with Crippen molar-refractivity contribution in [2.45, 2.75) is 39.0 Å². The van der Waals surface area contributed by atoms with Crippen LogP contribution in [-0.2, 0) is 6.42 Å². The lowest BCUT2D eigenvalue weighted by Gasteiger charge is -2.33. The van der Waals surface area contributed by atoms with Crippen LogP contribution in [0.25, 0.3) is 17.2 Å². The quantitative estimate of drug-likeness (QED) is 0.210. The lowest BCUT2D eigenvalue weighted by atomic mass is 9.85. The molecule has 1 heterocycles. The maximum absolute atomic E-state index is 13.4. The SMILES string of the molecule is Cc1cccc(OC(F)(F)F)c1C1=C(c2ccc(C=C3CN(CCCF)C3)cc2)c2ccc(C=O)cc2CCC1. The summed E-state index contributed by atoms with van der Waals surface area (Å²) in [7, 11) is 0. The fourth-order valence-corrected chi connectivity index (χ4v) is 5.74. The van der Waals surface area contributed by atoms with Crippen LogP contribution in [0.2, 0.25) is 0 Å². The van der Waals surface area contributed by atoms with E-state index >= 15 is 0 Å². The highest BCUT2D eigenvalue weighted by molar-refractivity contribution is 6.01. The van der Waals surface area contributed by atoms with E-state index in [4.69, 9.17) is 0 Å². The molecule has 0 radical (unpaired) electrons. The number of carbonyl (C=O) groups is 1. The largest absolute Gasteiger partial charge is 0.573 e. The topological polar surface area (TPSA) is 29.5 Å². The van der Waals surface area contributed by atoms with Crippen molar-refractivity contribution in [1.29, 1.82) is 0 Å². The van der Waals surface area contributed by atoms with Crippen LogP contribution >= 0.6 is 0 Å². The highest BCUT2D eigenvalue weighted by Gasteiger charge is 2.33. The Kier molecular flexibility index (Phi) is 8.22. The Morgan fingerprint density at radius 2 is 1.73 bits per heavy atom. The predicted molar refractivity (Wildman–Crippen MR) is 150 cm³/mol. The first-order chi connectivity index (χ1) is 19.3. The number of alkyl halides is 4. The summed E-state index contributed by atoms with van der Waals surface area (Å²) in [6.07, 6.45) is 0.660. The van der Waals surface area contributed by atoms with Gasteiger partial charge in [-0.2, -0.15) is 0 Å². The lowest BCUT2D eigenvalue weighted by molar-refractivity contribution is -0.274. The van der Waals surface area contributed by atoms with E-state index in [-0.39, 0.29) is 12.4 Å². The third kappa shape index (κ3) is 6.20. The van der Waals surface area contributed by atoms with Gasteiger partial charge in [0.15, 0.2) is 0 Å². The number of allylic oxidation sites excluding steroid dienone is 1. The molecule has 208 valence electrons. The molecule has 3 aromatic rings. The van der Waals surface area contributed by atoms with Crippen molar-refractivity contribution in [3.8, 4) is 5.75 Å². The third-order valence-electron chi connectivity index (χ3n) is 7.50. The number of ether oxygens (including phenoxy) is 1. The zero-order valence-corrected chi connectivity index (χ0v) is 22.4. The molecule has 0 bridgehead atoms. The van der Waals surface area contributed by atoms with Crippen LogP contribution in [0.5, 0.6) is 5.75 Å². The van der Waals surface area contributed by atoms with Crippen molar-refractivity contribution in [3.63, 3.8) is 0 Å². The molecule has 0 aromatic heterocycles. The third-order valence-corrected chi connectivity index (χ3v) is 7.50.